The Morgan fingerprint density at radius 2 is 1.92 bits per heavy atom. The van der Waals surface area contributed by atoms with E-state index in [0.29, 0.717) is 0 Å². The molecule has 1 heterocycles. The molecule has 5 atom stereocenters. The first kappa shape index (κ1) is 19.9. The Morgan fingerprint density at radius 3 is 2.46 bits per heavy atom. The van der Waals surface area contributed by atoms with Gasteiger partial charge in [0.05, 0.1) is 6.04 Å². The number of amides is 1. The highest BCUT2D eigenvalue weighted by molar-refractivity contribution is 5.68. The van der Waals surface area contributed by atoms with Gasteiger partial charge in [0.2, 0.25) is 0 Å². The Balaban J connectivity index is 2.82. The first-order valence-electron chi connectivity index (χ1n) is 7.44. The van der Waals surface area contributed by atoms with E-state index in [2.05, 4.69) is 11.9 Å². The fraction of sp³-hybridized carbons (Fsp3) is 0.667. The van der Waals surface area contributed by atoms with Gasteiger partial charge in [-0.15, -0.1) is 0 Å². The van der Waals surface area contributed by atoms with Gasteiger partial charge >= 0.3 is 18.0 Å². The number of aliphatic hydroxyl groups excluding tert-OH is 1. The van der Waals surface area contributed by atoms with E-state index in [1.54, 1.807) is 6.92 Å². The lowest BCUT2D eigenvalue weighted by Gasteiger charge is -2.42. The molecule has 1 fully saturated rings. The van der Waals surface area contributed by atoms with Crippen LogP contribution < -0.4 is 5.32 Å². The fourth-order valence-electron chi connectivity index (χ4n) is 2.37. The molecule has 0 bridgehead atoms. The number of hydrogen-bond acceptors (Lipinski definition) is 8. The molecule has 0 aromatic heterocycles. The van der Waals surface area contributed by atoms with E-state index in [4.69, 9.17) is 18.9 Å². The van der Waals surface area contributed by atoms with Gasteiger partial charge in [-0.1, -0.05) is 19.6 Å². The normalized spacial score (nSPS) is 29.2. The van der Waals surface area contributed by atoms with Crippen LogP contribution in [0, 0.1) is 5.92 Å². The van der Waals surface area contributed by atoms with E-state index in [1.165, 1.54) is 19.9 Å². The SMILES string of the molecule is C=CCOC(=O)NC1C(O)O[C@@H](COC(C)=O)[C@H](OC(C)=O)C1C. The van der Waals surface area contributed by atoms with E-state index in [-0.39, 0.29) is 13.2 Å². The smallest absolute Gasteiger partial charge is 0.407 e. The maximum atomic E-state index is 11.7. The Morgan fingerprint density at radius 1 is 1.25 bits per heavy atom. The Kier molecular flexibility index (Phi) is 7.66. The van der Waals surface area contributed by atoms with Crippen molar-refractivity contribution in [1.82, 2.24) is 5.32 Å². The highest BCUT2D eigenvalue weighted by atomic mass is 16.7. The molecular formula is C15H23NO8. The van der Waals surface area contributed by atoms with Gasteiger partial charge in [-0.3, -0.25) is 9.59 Å². The second-order valence-electron chi connectivity index (χ2n) is 5.36. The van der Waals surface area contributed by atoms with Gasteiger partial charge < -0.3 is 29.4 Å². The first-order chi connectivity index (χ1) is 11.3. The average molecular weight is 345 g/mol. The van der Waals surface area contributed by atoms with Crippen molar-refractivity contribution in [2.75, 3.05) is 13.2 Å². The quantitative estimate of drug-likeness (QED) is 0.395. The maximum absolute atomic E-state index is 11.7. The Labute approximate surface area is 139 Å². The molecular weight excluding hydrogens is 322 g/mol. The fourth-order valence-corrected chi connectivity index (χ4v) is 2.37. The van der Waals surface area contributed by atoms with Crippen LogP contribution in [0.2, 0.25) is 0 Å². The Bertz CT molecular complexity index is 480. The molecule has 0 aromatic rings. The number of alkyl carbamates (subject to hydrolysis) is 1. The third kappa shape index (κ3) is 5.82. The van der Waals surface area contributed by atoms with Gasteiger partial charge in [-0.2, -0.15) is 0 Å². The number of nitrogens with one attached hydrogen (secondary N) is 1. The number of rotatable bonds is 6. The van der Waals surface area contributed by atoms with Crippen molar-refractivity contribution >= 4 is 18.0 Å². The predicted molar refractivity (Wildman–Crippen MR) is 80.7 cm³/mol. The summed E-state index contributed by atoms with van der Waals surface area (Å²) in [6, 6.07) is -0.875. The summed E-state index contributed by atoms with van der Waals surface area (Å²) in [5.41, 5.74) is 0. The number of carbonyl (C=O) groups is 3. The van der Waals surface area contributed by atoms with Gasteiger partial charge in [-0.05, 0) is 0 Å². The summed E-state index contributed by atoms with van der Waals surface area (Å²) >= 11 is 0. The molecule has 2 N–H and O–H groups in total. The topological polar surface area (TPSA) is 120 Å². The Hall–Kier alpha value is -2.13. The number of aliphatic hydroxyl groups is 1. The average Bonchev–Trinajstić information content (AvgIpc) is 2.50. The van der Waals surface area contributed by atoms with Crippen LogP contribution in [0.1, 0.15) is 20.8 Å². The molecule has 0 spiro atoms. The van der Waals surface area contributed by atoms with Gasteiger partial charge in [0.15, 0.2) is 6.29 Å². The van der Waals surface area contributed by atoms with Crippen LogP contribution in [0.25, 0.3) is 0 Å². The minimum absolute atomic E-state index is 0.00629. The second kappa shape index (κ2) is 9.24. The summed E-state index contributed by atoms with van der Waals surface area (Å²) in [5, 5.41) is 12.6. The third-order valence-corrected chi connectivity index (χ3v) is 3.44. The van der Waals surface area contributed by atoms with E-state index < -0.39 is 48.5 Å². The van der Waals surface area contributed by atoms with Crippen molar-refractivity contribution in [3.8, 4) is 0 Å². The predicted octanol–water partition coefficient (Wildman–Crippen LogP) is 0.115. The molecule has 136 valence electrons. The summed E-state index contributed by atoms with van der Waals surface area (Å²) in [6.07, 6.45) is -2.44. The standard InChI is InChI=1S/C15H23NO8/c1-5-6-21-15(20)16-12-8(2)13(23-10(4)18)11(24-14(12)19)7-22-9(3)17/h5,8,11-14,19H,1,6-7H2,2-4H3,(H,16,20)/t8?,11-,12?,13+,14?/m0/s1. The van der Waals surface area contributed by atoms with Gasteiger partial charge in [-0.25, -0.2) is 4.79 Å². The van der Waals surface area contributed by atoms with E-state index in [9.17, 15) is 19.5 Å². The van der Waals surface area contributed by atoms with Crippen molar-refractivity contribution in [2.24, 2.45) is 5.92 Å². The van der Waals surface area contributed by atoms with Crippen molar-refractivity contribution < 1.29 is 38.4 Å². The molecule has 1 aliphatic heterocycles. The van der Waals surface area contributed by atoms with Crippen LogP contribution >= 0.6 is 0 Å². The summed E-state index contributed by atoms with van der Waals surface area (Å²) < 4.78 is 20.2. The highest BCUT2D eigenvalue weighted by Crippen LogP contribution is 2.28. The molecule has 0 saturated carbocycles. The number of ether oxygens (including phenoxy) is 4. The molecule has 1 aliphatic rings. The van der Waals surface area contributed by atoms with Gasteiger partial charge in [0, 0.05) is 19.8 Å². The summed E-state index contributed by atoms with van der Waals surface area (Å²) in [7, 11) is 0. The van der Waals surface area contributed by atoms with Crippen LogP contribution in [-0.4, -0.2) is 60.9 Å². The molecule has 0 radical (unpaired) electrons. The van der Waals surface area contributed by atoms with Crippen LogP contribution in [-0.2, 0) is 28.5 Å². The van der Waals surface area contributed by atoms with Crippen molar-refractivity contribution in [1.29, 1.82) is 0 Å². The van der Waals surface area contributed by atoms with Crippen molar-refractivity contribution in [2.45, 2.75) is 45.3 Å². The van der Waals surface area contributed by atoms with Crippen LogP contribution in [0.3, 0.4) is 0 Å². The third-order valence-electron chi connectivity index (χ3n) is 3.44. The van der Waals surface area contributed by atoms with E-state index in [0.717, 1.165) is 0 Å². The molecule has 1 saturated heterocycles. The summed E-state index contributed by atoms with van der Waals surface area (Å²) in [5.74, 6) is -1.61. The zero-order valence-corrected chi connectivity index (χ0v) is 13.9. The molecule has 9 heteroatoms. The minimum Gasteiger partial charge on any atom is -0.463 e. The highest BCUT2D eigenvalue weighted by Gasteiger charge is 2.46. The first-order valence-corrected chi connectivity index (χ1v) is 7.44. The molecule has 1 amide bonds. The molecule has 9 nitrogen and oxygen atoms in total. The zero-order valence-electron chi connectivity index (χ0n) is 13.9. The lowest BCUT2D eigenvalue weighted by molar-refractivity contribution is -0.246. The second-order valence-corrected chi connectivity index (χ2v) is 5.36. The van der Waals surface area contributed by atoms with Crippen LogP contribution in [0.15, 0.2) is 12.7 Å². The van der Waals surface area contributed by atoms with Crippen molar-refractivity contribution in [3.63, 3.8) is 0 Å². The number of esters is 2. The molecule has 3 unspecified atom stereocenters. The lowest BCUT2D eigenvalue weighted by Crippen LogP contribution is -2.61. The monoisotopic (exact) mass is 345 g/mol. The number of hydrogen-bond donors (Lipinski definition) is 2. The maximum Gasteiger partial charge on any atom is 0.407 e. The van der Waals surface area contributed by atoms with Crippen molar-refractivity contribution in [3.05, 3.63) is 12.7 Å². The van der Waals surface area contributed by atoms with E-state index in [1.807, 2.05) is 0 Å². The van der Waals surface area contributed by atoms with Gasteiger partial charge in [0.1, 0.15) is 25.4 Å². The zero-order chi connectivity index (χ0) is 18.3. The van der Waals surface area contributed by atoms with Gasteiger partial charge in [0.25, 0.3) is 0 Å². The molecule has 24 heavy (non-hydrogen) atoms. The number of carbonyl (C=O) groups excluding carboxylic acids is 3. The van der Waals surface area contributed by atoms with Crippen LogP contribution in [0.4, 0.5) is 4.79 Å². The summed E-state index contributed by atoms with van der Waals surface area (Å²) in [6.45, 7) is 7.35. The lowest BCUT2D eigenvalue weighted by atomic mass is 9.88. The molecule has 1 rings (SSSR count). The molecule has 0 aromatic carbocycles. The molecule has 0 aliphatic carbocycles. The summed E-state index contributed by atoms with van der Waals surface area (Å²) in [4.78, 5) is 33.9. The minimum atomic E-state index is -1.39. The largest absolute Gasteiger partial charge is 0.463 e. The van der Waals surface area contributed by atoms with E-state index >= 15 is 0 Å². The van der Waals surface area contributed by atoms with Crippen LogP contribution in [0.5, 0.6) is 0 Å².